The van der Waals surface area contributed by atoms with Crippen LogP contribution in [0.25, 0.3) is 0 Å². The van der Waals surface area contributed by atoms with Crippen LogP contribution >= 0.6 is 11.5 Å². The molecule has 0 aromatic carbocycles. The number of nitrogen functional groups attached to an aromatic ring is 1. The molecule has 0 saturated carbocycles. The van der Waals surface area contributed by atoms with Gasteiger partial charge in [-0.25, -0.2) is 0 Å². The lowest BCUT2D eigenvalue weighted by atomic mass is 10.3. The van der Waals surface area contributed by atoms with Crippen molar-refractivity contribution in [1.29, 1.82) is 5.26 Å². The van der Waals surface area contributed by atoms with E-state index in [-0.39, 0.29) is 11.9 Å². The molecule has 0 spiro atoms. The highest BCUT2D eigenvalue weighted by molar-refractivity contribution is 7.10. The van der Waals surface area contributed by atoms with E-state index in [4.69, 9.17) is 11.0 Å². The zero-order valence-corrected chi connectivity index (χ0v) is 8.29. The third kappa shape index (κ3) is 1.41. The molecular weight excluding hydrogens is 200 g/mol. The fourth-order valence-corrected chi connectivity index (χ4v) is 2.34. The van der Waals surface area contributed by atoms with Crippen molar-refractivity contribution in [3.8, 4) is 6.07 Å². The molecule has 2 rings (SSSR count). The number of β-amino-alcohol motifs (C(OH)–C–C–N with tert-alkyl or cyclic N) is 1. The summed E-state index contributed by atoms with van der Waals surface area (Å²) in [5.74, 6) is 0.286. The predicted octanol–water partition coefficient (Wildman–Crippen LogP) is 0.168. The third-order valence-electron chi connectivity index (χ3n) is 2.26. The Morgan fingerprint density at radius 3 is 3.07 bits per heavy atom. The van der Waals surface area contributed by atoms with Gasteiger partial charge in [-0.05, 0) is 18.0 Å². The van der Waals surface area contributed by atoms with E-state index in [0.29, 0.717) is 12.1 Å². The molecule has 1 aliphatic heterocycles. The first kappa shape index (κ1) is 9.24. The molecule has 1 saturated heterocycles. The maximum absolute atomic E-state index is 9.36. The van der Waals surface area contributed by atoms with E-state index >= 15 is 0 Å². The molecular formula is C8H10N4OS. The molecule has 0 bridgehead atoms. The lowest BCUT2D eigenvalue weighted by Crippen LogP contribution is -2.20. The van der Waals surface area contributed by atoms with Crippen LogP contribution in [0.2, 0.25) is 0 Å². The molecule has 14 heavy (non-hydrogen) atoms. The number of rotatable bonds is 1. The van der Waals surface area contributed by atoms with Crippen molar-refractivity contribution in [2.24, 2.45) is 0 Å². The average Bonchev–Trinajstić information content (AvgIpc) is 2.71. The van der Waals surface area contributed by atoms with Crippen LogP contribution < -0.4 is 10.6 Å². The van der Waals surface area contributed by atoms with Crippen LogP contribution in [0, 0.1) is 11.3 Å². The van der Waals surface area contributed by atoms with Crippen molar-refractivity contribution in [2.45, 2.75) is 12.5 Å². The second-order valence-corrected chi connectivity index (χ2v) is 4.00. The lowest BCUT2D eigenvalue weighted by molar-refractivity contribution is 0.198. The van der Waals surface area contributed by atoms with Crippen molar-refractivity contribution < 1.29 is 5.11 Å². The smallest absolute Gasteiger partial charge is 0.157 e. The molecule has 2 heterocycles. The molecule has 1 aliphatic rings. The zero-order chi connectivity index (χ0) is 10.1. The number of aliphatic hydroxyl groups is 1. The van der Waals surface area contributed by atoms with Gasteiger partial charge in [0.05, 0.1) is 6.10 Å². The minimum atomic E-state index is -0.301. The number of nitrogens with zero attached hydrogens (tertiary/aromatic N) is 3. The Labute approximate surface area is 85.5 Å². The maximum Gasteiger partial charge on any atom is 0.157 e. The molecule has 74 valence electrons. The van der Waals surface area contributed by atoms with Crippen LogP contribution in [-0.4, -0.2) is 28.7 Å². The Balaban J connectivity index is 2.29. The molecule has 6 heteroatoms. The van der Waals surface area contributed by atoms with Gasteiger partial charge in [0.1, 0.15) is 16.6 Å². The molecule has 1 atom stereocenters. The standard InChI is InChI=1S/C8H10N4OS/c9-3-6-7(10)11-14-8(6)12-2-1-5(13)4-12/h5,13H,1-2,4H2,(H2,10,11). The first-order valence-corrected chi connectivity index (χ1v) is 5.08. The molecule has 1 unspecified atom stereocenters. The Kier molecular flexibility index (Phi) is 2.27. The van der Waals surface area contributed by atoms with E-state index < -0.39 is 0 Å². The normalized spacial score (nSPS) is 21.1. The van der Waals surface area contributed by atoms with Crippen LogP contribution in [0.3, 0.4) is 0 Å². The van der Waals surface area contributed by atoms with Gasteiger partial charge in [-0.15, -0.1) is 0 Å². The van der Waals surface area contributed by atoms with Crippen molar-refractivity contribution >= 4 is 22.4 Å². The van der Waals surface area contributed by atoms with Gasteiger partial charge in [0, 0.05) is 13.1 Å². The van der Waals surface area contributed by atoms with E-state index in [1.807, 2.05) is 11.0 Å². The number of hydrogen-bond acceptors (Lipinski definition) is 6. The van der Waals surface area contributed by atoms with Gasteiger partial charge < -0.3 is 15.7 Å². The highest BCUT2D eigenvalue weighted by Gasteiger charge is 2.25. The molecule has 5 nitrogen and oxygen atoms in total. The number of aromatic nitrogens is 1. The van der Waals surface area contributed by atoms with Crippen molar-refractivity contribution in [3.05, 3.63) is 5.56 Å². The number of aliphatic hydroxyl groups excluding tert-OH is 1. The molecule has 1 aromatic heterocycles. The highest BCUT2D eigenvalue weighted by Crippen LogP contribution is 2.31. The van der Waals surface area contributed by atoms with Crippen LogP contribution in [0.15, 0.2) is 0 Å². The van der Waals surface area contributed by atoms with Crippen molar-refractivity contribution in [1.82, 2.24) is 4.37 Å². The second kappa shape index (κ2) is 3.44. The molecule has 0 radical (unpaired) electrons. The Morgan fingerprint density at radius 2 is 2.50 bits per heavy atom. The highest BCUT2D eigenvalue weighted by atomic mass is 32.1. The van der Waals surface area contributed by atoms with Crippen LogP contribution in [0.5, 0.6) is 0 Å². The average molecular weight is 210 g/mol. The van der Waals surface area contributed by atoms with Gasteiger partial charge in [-0.3, -0.25) is 0 Å². The molecule has 1 fully saturated rings. The molecule has 0 amide bonds. The van der Waals surface area contributed by atoms with Crippen molar-refractivity contribution in [2.75, 3.05) is 23.7 Å². The summed E-state index contributed by atoms with van der Waals surface area (Å²) >= 11 is 1.22. The van der Waals surface area contributed by atoms with Crippen LogP contribution in [0.4, 0.5) is 10.8 Å². The molecule has 1 aromatic rings. The fraction of sp³-hybridized carbons (Fsp3) is 0.500. The second-order valence-electron chi connectivity index (χ2n) is 3.25. The number of nitrogens with two attached hydrogens (primary N) is 1. The van der Waals surface area contributed by atoms with E-state index in [1.54, 1.807) is 0 Å². The minimum Gasteiger partial charge on any atom is -0.391 e. The summed E-state index contributed by atoms with van der Waals surface area (Å²) < 4.78 is 3.93. The van der Waals surface area contributed by atoms with Gasteiger partial charge in [0.2, 0.25) is 0 Å². The third-order valence-corrected chi connectivity index (χ3v) is 3.19. The predicted molar refractivity (Wildman–Crippen MR) is 54.1 cm³/mol. The number of nitriles is 1. The summed E-state index contributed by atoms with van der Waals surface area (Å²) in [4.78, 5) is 1.96. The summed E-state index contributed by atoms with van der Waals surface area (Å²) in [6.07, 6.45) is 0.438. The van der Waals surface area contributed by atoms with Gasteiger partial charge >= 0.3 is 0 Å². The lowest BCUT2D eigenvalue weighted by Gasteiger charge is -2.14. The van der Waals surface area contributed by atoms with Gasteiger partial charge in [0.25, 0.3) is 0 Å². The van der Waals surface area contributed by atoms with E-state index in [9.17, 15) is 5.11 Å². The van der Waals surface area contributed by atoms with Crippen molar-refractivity contribution in [3.63, 3.8) is 0 Å². The fourth-order valence-electron chi connectivity index (χ4n) is 1.54. The van der Waals surface area contributed by atoms with Gasteiger partial charge in [-0.2, -0.15) is 9.64 Å². The summed E-state index contributed by atoms with van der Waals surface area (Å²) in [7, 11) is 0. The van der Waals surface area contributed by atoms with E-state index in [2.05, 4.69) is 4.37 Å². The first-order valence-electron chi connectivity index (χ1n) is 4.30. The molecule has 0 aliphatic carbocycles. The topological polar surface area (TPSA) is 86.2 Å². The number of anilines is 2. The SMILES string of the molecule is N#Cc1c(N)nsc1N1CCC(O)C1. The number of hydrogen-bond donors (Lipinski definition) is 2. The van der Waals surface area contributed by atoms with Crippen LogP contribution in [0.1, 0.15) is 12.0 Å². The summed E-state index contributed by atoms with van der Waals surface area (Å²) in [6, 6.07) is 2.04. The monoisotopic (exact) mass is 210 g/mol. The minimum absolute atomic E-state index is 0.286. The Morgan fingerprint density at radius 1 is 1.71 bits per heavy atom. The van der Waals surface area contributed by atoms with E-state index in [1.165, 1.54) is 11.5 Å². The molecule has 3 N–H and O–H groups in total. The van der Waals surface area contributed by atoms with E-state index in [0.717, 1.165) is 18.0 Å². The Hall–Kier alpha value is -1.32. The summed E-state index contributed by atoms with van der Waals surface area (Å²) in [5.41, 5.74) is 5.98. The quantitative estimate of drug-likeness (QED) is 0.690. The zero-order valence-electron chi connectivity index (χ0n) is 7.47. The largest absolute Gasteiger partial charge is 0.391 e. The van der Waals surface area contributed by atoms with Crippen LogP contribution in [-0.2, 0) is 0 Å². The summed E-state index contributed by atoms with van der Waals surface area (Å²) in [5, 5.41) is 19.0. The maximum atomic E-state index is 9.36. The summed E-state index contributed by atoms with van der Waals surface area (Å²) in [6.45, 7) is 1.33. The van der Waals surface area contributed by atoms with Gasteiger partial charge in [0.15, 0.2) is 5.82 Å². The van der Waals surface area contributed by atoms with Gasteiger partial charge in [-0.1, -0.05) is 0 Å². The Bertz CT molecular complexity index is 383. The first-order chi connectivity index (χ1) is 6.72.